The molecule has 4 heteroatoms. The highest BCUT2D eigenvalue weighted by Crippen LogP contribution is 2.22. The fraction of sp³-hybridized carbons (Fsp3) is 0.600. The topological polar surface area (TPSA) is 57.8 Å². The number of hydrogen-bond acceptors (Lipinski definition) is 3. The maximum Gasteiger partial charge on any atom is 0.264 e. The van der Waals surface area contributed by atoms with Crippen molar-refractivity contribution in [2.45, 2.75) is 32.2 Å². The molecule has 2 rings (SSSR count). The fourth-order valence-electron chi connectivity index (χ4n) is 1.96. The molecular weight excluding hydrogens is 178 g/mol. The number of aromatic nitrogens is 2. The first-order chi connectivity index (χ1) is 6.81. The molecule has 0 spiro atoms. The zero-order valence-corrected chi connectivity index (χ0v) is 8.34. The summed E-state index contributed by atoms with van der Waals surface area (Å²) in [6.45, 7) is 3.10. The van der Waals surface area contributed by atoms with E-state index in [1.165, 1.54) is 0 Å². The van der Waals surface area contributed by atoms with Crippen LogP contribution >= 0.6 is 0 Å². The molecule has 0 aromatic carbocycles. The van der Waals surface area contributed by atoms with Crippen molar-refractivity contribution in [1.29, 1.82) is 0 Å². The van der Waals surface area contributed by atoms with Crippen molar-refractivity contribution in [3.05, 3.63) is 27.7 Å². The van der Waals surface area contributed by atoms with Gasteiger partial charge in [0.05, 0.1) is 11.7 Å². The summed E-state index contributed by atoms with van der Waals surface area (Å²) in [7, 11) is 0. The Balaban J connectivity index is 0.00000112. The van der Waals surface area contributed by atoms with Crippen LogP contribution in [0.15, 0.2) is 10.9 Å². The number of nitrogens with zero attached hydrogens (tertiary/aromatic N) is 1. The largest absolute Gasteiger partial charge is 0.308 e. The van der Waals surface area contributed by atoms with Gasteiger partial charge in [-0.15, -0.1) is 0 Å². The highest BCUT2D eigenvalue weighted by atomic mass is 16.1. The second kappa shape index (κ2) is 3.92. The molecular formula is C10H17N3O. The van der Waals surface area contributed by atoms with Crippen LogP contribution in [0, 0.1) is 0 Å². The van der Waals surface area contributed by atoms with Gasteiger partial charge in [-0.25, -0.2) is 5.10 Å². The summed E-state index contributed by atoms with van der Waals surface area (Å²) in [4.78, 5) is 11.1. The van der Waals surface area contributed by atoms with Gasteiger partial charge in [-0.1, -0.05) is 13.3 Å². The molecule has 1 aliphatic heterocycles. The molecule has 0 radical (unpaired) electrons. The van der Waals surface area contributed by atoms with Gasteiger partial charge in [0.2, 0.25) is 0 Å². The van der Waals surface area contributed by atoms with E-state index in [1.54, 1.807) is 6.07 Å². The van der Waals surface area contributed by atoms with Gasteiger partial charge < -0.3 is 5.32 Å². The summed E-state index contributed by atoms with van der Waals surface area (Å²) >= 11 is 0. The minimum atomic E-state index is -0.0964. The van der Waals surface area contributed by atoms with Crippen LogP contribution < -0.4 is 10.9 Å². The summed E-state index contributed by atoms with van der Waals surface area (Å²) in [6, 6.07) is 1.99. The normalized spacial score (nSPS) is 20.5. The molecule has 0 fully saturated rings. The molecule has 78 valence electrons. The molecule has 2 N–H and O–H groups in total. The van der Waals surface area contributed by atoms with Gasteiger partial charge in [0, 0.05) is 7.49 Å². The average Bonchev–Trinajstić information content (AvgIpc) is 2.18. The summed E-state index contributed by atoms with van der Waals surface area (Å²) < 4.78 is 0. The quantitative estimate of drug-likeness (QED) is 0.740. The molecule has 0 saturated heterocycles. The molecule has 1 atom stereocenters. The third kappa shape index (κ3) is 1.70. The second-order valence-corrected chi connectivity index (χ2v) is 3.69. The third-order valence-electron chi connectivity index (χ3n) is 2.61. The van der Waals surface area contributed by atoms with Crippen LogP contribution in [0.1, 0.15) is 38.5 Å². The van der Waals surface area contributed by atoms with Crippen LogP contribution in [0.3, 0.4) is 0 Å². The minimum absolute atomic E-state index is 0. The molecule has 0 amide bonds. The maximum atomic E-state index is 11.1. The highest BCUT2D eigenvalue weighted by Gasteiger charge is 2.20. The van der Waals surface area contributed by atoms with E-state index in [4.69, 9.17) is 0 Å². The van der Waals surface area contributed by atoms with E-state index in [2.05, 4.69) is 22.4 Å². The van der Waals surface area contributed by atoms with E-state index in [0.717, 1.165) is 37.1 Å². The highest BCUT2D eigenvalue weighted by molar-refractivity contribution is 5.23. The molecule has 0 saturated carbocycles. The van der Waals surface area contributed by atoms with Gasteiger partial charge >= 0.3 is 0 Å². The minimum Gasteiger partial charge on any atom is -0.308 e. The number of hydrogen-bond donors (Lipinski definition) is 2. The monoisotopic (exact) mass is 195 g/mol. The van der Waals surface area contributed by atoms with Gasteiger partial charge in [0.25, 0.3) is 5.56 Å². The molecule has 1 aromatic rings. The van der Waals surface area contributed by atoms with Gasteiger partial charge in [0.15, 0.2) is 0 Å². The molecule has 2 heterocycles. The standard InChI is InChI=1S/C10H15N3O.H2/c1-2-3-8-10-7(4-5-11-8)6-9(14)12-13-10;/h6,8,11H,2-5H2,1H3,(H,12,14);1H. The van der Waals surface area contributed by atoms with E-state index in [1.807, 2.05) is 0 Å². The average molecular weight is 195 g/mol. The third-order valence-corrected chi connectivity index (χ3v) is 2.61. The lowest BCUT2D eigenvalue weighted by molar-refractivity contribution is 0.452. The Morgan fingerprint density at radius 3 is 3.36 bits per heavy atom. The first kappa shape index (κ1) is 9.40. The zero-order valence-electron chi connectivity index (χ0n) is 8.34. The zero-order chi connectivity index (χ0) is 9.97. The van der Waals surface area contributed by atoms with Gasteiger partial charge in [0.1, 0.15) is 0 Å². The summed E-state index contributed by atoms with van der Waals surface area (Å²) in [5.41, 5.74) is 2.03. The van der Waals surface area contributed by atoms with Crippen LogP contribution in [-0.4, -0.2) is 16.7 Å². The number of rotatable bonds is 2. The summed E-state index contributed by atoms with van der Waals surface area (Å²) in [5, 5.41) is 10.0. The van der Waals surface area contributed by atoms with Crippen LogP contribution in [0.2, 0.25) is 0 Å². The van der Waals surface area contributed by atoms with E-state index in [-0.39, 0.29) is 6.99 Å². The molecule has 14 heavy (non-hydrogen) atoms. The van der Waals surface area contributed by atoms with Crippen LogP contribution in [0.4, 0.5) is 0 Å². The first-order valence-electron chi connectivity index (χ1n) is 5.13. The molecule has 1 aliphatic rings. The van der Waals surface area contributed by atoms with Crippen LogP contribution in [-0.2, 0) is 6.42 Å². The molecule has 0 bridgehead atoms. The second-order valence-electron chi connectivity index (χ2n) is 3.69. The molecule has 1 aromatic heterocycles. The lowest BCUT2D eigenvalue weighted by Gasteiger charge is -2.24. The Kier molecular flexibility index (Phi) is 2.63. The van der Waals surface area contributed by atoms with Crippen LogP contribution in [0.25, 0.3) is 0 Å². The van der Waals surface area contributed by atoms with E-state index >= 15 is 0 Å². The Hall–Kier alpha value is -1.16. The number of nitrogens with one attached hydrogen (secondary N) is 2. The Morgan fingerprint density at radius 2 is 2.57 bits per heavy atom. The van der Waals surface area contributed by atoms with Crippen molar-refractivity contribution in [2.24, 2.45) is 0 Å². The van der Waals surface area contributed by atoms with Gasteiger partial charge in [-0.2, -0.15) is 5.10 Å². The van der Waals surface area contributed by atoms with Crippen molar-refractivity contribution in [2.75, 3.05) is 6.54 Å². The Bertz CT molecular complexity index is 377. The number of fused-ring (bicyclic) bond motifs is 1. The maximum absolute atomic E-state index is 11.1. The first-order valence-corrected chi connectivity index (χ1v) is 5.13. The van der Waals surface area contributed by atoms with Crippen molar-refractivity contribution in [1.82, 2.24) is 15.5 Å². The van der Waals surface area contributed by atoms with Crippen molar-refractivity contribution >= 4 is 0 Å². The number of aromatic amines is 1. The van der Waals surface area contributed by atoms with Crippen molar-refractivity contribution in [3.8, 4) is 0 Å². The molecule has 1 unspecified atom stereocenters. The van der Waals surface area contributed by atoms with Crippen LogP contribution in [0.5, 0.6) is 0 Å². The predicted molar refractivity (Wildman–Crippen MR) is 56.3 cm³/mol. The SMILES string of the molecule is CCCC1NCCc2cc(=O)[nH]nc21.[HH]. The molecule has 0 aliphatic carbocycles. The smallest absolute Gasteiger partial charge is 0.264 e. The Morgan fingerprint density at radius 1 is 1.71 bits per heavy atom. The van der Waals surface area contributed by atoms with E-state index < -0.39 is 0 Å². The van der Waals surface area contributed by atoms with Crippen molar-refractivity contribution in [3.63, 3.8) is 0 Å². The lowest BCUT2D eigenvalue weighted by atomic mass is 9.98. The predicted octanol–water partition coefficient (Wildman–Crippen LogP) is 1.00. The van der Waals surface area contributed by atoms with Gasteiger partial charge in [-0.3, -0.25) is 4.79 Å². The lowest BCUT2D eigenvalue weighted by Crippen LogP contribution is -2.32. The number of H-pyrrole nitrogens is 1. The molecule has 4 nitrogen and oxygen atoms in total. The van der Waals surface area contributed by atoms with E-state index in [0.29, 0.717) is 6.04 Å². The van der Waals surface area contributed by atoms with Gasteiger partial charge in [-0.05, 0) is 24.9 Å². The summed E-state index contributed by atoms with van der Waals surface area (Å²) in [6.07, 6.45) is 3.11. The van der Waals surface area contributed by atoms with E-state index in [9.17, 15) is 4.79 Å². The van der Waals surface area contributed by atoms with Crippen molar-refractivity contribution < 1.29 is 1.43 Å². The summed E-state index contributed by atoms with van der Waals surface area (Å²) in [5.74, 6) is 0. The Labute approximate surface area is 84.2 Å². The fourth-order valence-corrected chi connectivity index (χ4v) is 1.96.